The van der Waals surface area contributed by atoms with Gasteiger partial charge in [-0.2, -0.15) is 5.10 Å². The third kappa shape index (κ3) is 3.39. The van der Waals surface area contributed by atoms with E-state index in [0.29, 0.717) is 27.7 Å². The van der Waals surface area contributed by atoms with Crippen molar-refractivity contribution < 1.29 is 13.9 Å². The summed E-state index contributed by atoms with van der Waals surface area (Å²) < 4.78 is 27.8. The summed E-state index contributed by atoms with van der Waals surface area (Å²) >= 11 is 1.32. The summed E-state index contributed by atoms with van der Waals surface area (Å²) in [4.78, 5) is 1.84. The second kappa shape index (κ2) is 7.22. The first-order chi connectivity index (χ1) is 13.1. The van der Waals surface area contributed by atoms with Crippen molar-refractivity contribution in [3.05, 3.63) is 30.6 Å². The van der Waals surface area contributed by atoms with Crippen molar-refractivity contribution >= 4 is 16.5 Å². The number of hydrogen-bond donors (Lipinski definition) is 1. The number of hydrogen-bond acceptors (Lipinski definition) is 6. The maximum atomic E-state index is 14.0. The molecular weight excluding hydrogens is 372 g/mol. The fourth-order valence-corrected chi connectivity index (χ4v) is 4.31. The molecule has 0 amide bonds. The zero-order valence-electron chi connectivity index (χ0n) is 14.7. The summed E-state index contributed by atoms with van der Waals surface area (Å²) in [5.41, 5.74) is 1.99. The fourth-order valence-electron chi connectivity index (χ4n) is 3.41. The number of rotatable bonds is 5. The van der Waals surface area contributed by atoms with Gasteiger partial charge in [0, 0.05) is 18.8 Å². The SMILES string of the molecule is CN(c1nnc(-c2ccc(-c3cnn(CF)c3)cc2O)s1)[C@@H]1CCC[C@@H]1F. The Hall–Kier alpha value is -2.55. The zero-order valence-corrected chi connectivity index (χ0v) is 15.5. The van der Waals surface area contributed by atoms with Crippen LogP contribution in [0.15, 0.2) is 30.6 Å². The van der Waals surface area contributed by atoms with Gasteiger partial charge < -0.3 is 10.0 Å². The Morgan fingerprint density at radius 3 is 2.81 bits per heavy atom. The second-order valence-corrected chi connectivity index (χ2v) is 7.59. The van der Waals surface area contributed by atoms with Gasteiger partial charge >= 0.3 is 0 Å². The van der Waals surface area contributed by atoms with Crippen LogP contribution < -0.4 is 4.90 Å². The first-order valence-electron chi connectivity index (χ1n) is 8.69. The minimum atomic E-state index is -0.847. The molecule has 0 unspecified atom stereocenters. The predicted molar refractivity (Wildman–Crippen MR) is 100 cm³/mol. The molecule has 1 N–H and O–H groups in total. The topological polar surface area (TPSA) is 67.1 Å². The molecule has 2 atom stereocenters. The zero-order chi connectivity index (χ0) is 19.0. The van der Waals surface area contributed by atoms with E-state index in [1.807, 2.05) is 18.0 Å². The summed E-state index contributed by atoms with van der Waals surface area (Å²) in [5, 5.41) is 23.9. The first-order valence-corrected chi connectivity index (χ1v) is 9.51. The number of nitrogens with zero attached hydrogens (tertiary/aromatic N) is 5. The molecule has 1 saturated carbocycles. The molecule has 0 spiro atoms. The van der Waals surface area contributed by atoms with E-state index in [4.69, 9.17) is 0 Å². The molecule has 0 aliphatic heterocycles. The van der Waals surface area contributed by atoms with Gasteiger partial charge in [0.2, 0.25) is 5.13 Å². The quantitative estimate of drug-likeness (QED) is 0.711. The molecule has 1 aromatic carbocycles. The van der Waals surface area contributed by atoms with Crippen molar-refractivity contribution in [3.8, 4) is 27.4 Å². The van der Waals surface area contributed by atoms with E-state index in [2.05, 4.69) is 15.3 Å². The normalized spacial score (nSPS) is 19.5. The van der Waals surface area contributed by atoms with E-state index in [9.17, 15) is 13.9 Å². The van der Waals surface area contributed by atoms with Gasteiger partial charge in [-0.15, -0.1) is 10.2 Å². The highest BCUT2D eigenvalue weighted by Gasteiger charge is 2.32. The van der Waals surface area contributed by atoms with Crippen molar-refractivity contribution in [2.75, 3.05) is 11.9 Å². The van der Waals surface area contributed by atoms with Gasteiger partial charge in [-0.05, 0) is 37.0 Å². The molecule has 9 heteroatoms. The number of phenolic OH excluding ortho intramolecular Hbond substituents is 1. The van der Waals surface area contributed by atoms with Crippen LogP contribution in [0.3, 0.4) is 0 Å². The van der Waals surface area contributed by atoms with Gasteiger partial charge in [0.25, 0.3) is 0 Å². The Morgan fingerprint density at radius 1 is 1.30 bits per heavy atom. The van der Waals surface area contributed by atoms with Gasteiger partial charge in [-0.1, -0.05) is 17.4 Å². The predicted octanol–water partition coefficient (Wildman–Crippen LogP) is 4.03. The molecule has 0 radical (unpaired) electrons. The number of aromatic hydroxyl groups is 1. The molecule has 0 bridgehead atoms. The first kappa shape index (κ1) is 17.8. The largest absolute Gasteiger partial charge is 0.507 e. The van der Waals surface area contributed by atoms with Crippen LogP contribution in [-0.2, 0) is 6.80 Å². The van der Waals surface area contributed by atoms with Crippen LogP contribution in [0.4, 0.5) is 13.9 Å². The van der Waals surface area contributed by atoms with E-state index in [1.54, 1.807) is 24.5 Å². The molecule has 0 saturated heterocycles. The maximum Gasteiger partial charge on any atom is 0.208 e. The van der Waals surface area contributed by atoms with Crippen molar-refractivity contribution in [1.29, 1.82) is 0 Å². The lowest BCUT2D eigenvalue weighted by molar-refractivity contribution is 0.307. The molecule has 4 rings (SSSR count). The van der Waals surface area contributed by atoms with Crippen LogP contribution in [0.25, 0.3) is 21.7 Å². The number of benzene rings is 1. The van der Waals surface area contributed by atoms with E-state index >= 15 is 0 Å². The van der Waals surface area contributed by atoms with Crippen molar-refractivity contribution in [1.82, 2.24) is 20.0 Å². The highest BCUT2D eigenvalue weighted by atomic mass is 32.1. The highest BCUT2D eigenvalue weighted by molar-refractivity contribution is 7.18. The van der Waals surface area contributed by atoms with Gasteiger partial charge in [-0.25, -0.2) is 13.5 Å². The van der Waals surface area contributed by atoms with Crippen LogP contribution in [0, 0.1) is 0 Å². The fraction of sp³-hybridized carbons (Fsp3) is 0.389. The van der Waals surface area contributed by atoms with Gasteiger partial charge in [0.15, 0.2) is 11.8 Å². The van der Waals surface area contributed by atoms with E-state index < -0.39 is 13.0 Å². The van der Waals surface area contributed by atoms with Gasteiger partial charge in [-0.3, -0.25) is 0 Å². The monoisotopic (exact) mass is 391 g/mol. The molecule has 1 fully saturated rings. The maximum absolute atomic E-state index is 14.0. The van der Waals surface area contributed by atoms with E-state index in [-0.39, 0.29) is 11.8 Å². The molecule has 2 heterocycles. The second-order valence-electron chi connectivity index (χ2n) is 6.63. The smallest absolute Gasteiger partial charge is 0.208 e. The lowest BCUT2D eigenvalue weighted by atomic mass is 10.1. The third-order valence-electron chi connectivity index (χ3n) is 4.93. The van der Waals surface area contributed by atoms with E-state index in [1.165, 1.54) is 16.0 Å². The number of phenols is 1. The average molecular weight is 391 g/mol. The molecule has 3 aromatic rings. The summed E-state index contributed by atoms with van der Waals surface area (Å²) in [6, 6.07) is 4.98. The Morgan fingerprint density at radius 2 is 2.15 bits per heavy atom. The summed E-state index contributed by atoms with van der Waals surface area (Å²) in [6.07, 6.45) is 4.53. The number of alkyl halides is 2. The van der Waals surface area contributed by atoms with Crippen molar-refractivity contribution in [2.24, 2.45) is 0 Å². The van der Waals surface area contributed by atoms with Crippen molar-refractivity contribution in [2.45, 2.75) is 38.3 Å². The number of anilines is 1. The highest BCUT2D eigenvalue weighted by Crippen LogP contribution is 2.38. The van der Waals surface area contributed by atoms with Crippen LogP contribution in [0.5, 0.6) is 5.75 Å². The number of aromatic nitrogens is 4. The van der Waals surface area contributed by atoms with Gasteiger partial charge in [0.1, 0.15) is 11.9 Å². The Labute approximate surface area is 159 Å². The summed E-state index contributed by atoms with van der Waals surface area (Å²) in [6.45, 7) is -0.703. The molecular formula is C18H19F2N5OS. The lowest BCUT2D eigenvalue weighted by Crippen LogP contribution is -2.35. The van der Waals surface area contributed by atoms with Crippen LogP contribution in [0.2, 0.25) is 0 Å². The molecule has 2 aromatic heterocycles. The van der Waals surface area contributed by atoms with Crippen LogP contribution >= 0.6 is 11.3 Å². The molecule has 27 heavy (non-hydrogen) atoms. The molecule has 1 aliphatic carbocycles. The van der Waals surface area contributed by atoms with Crippen LogP contribution in [0.1, 0.15) is 19.3 Å². The average Bonchev–Trinajstić information content (AvgIpc) is 3.41. The Bertz CT molecular complexity index is 943. The molecule has 6 nitrogen and oxygen atoms in total. The Kier molecular flexibility index (Phi) is 4.77. The molecule has 1 aliphatic rings. The van der Waals surface area contributed by atoms with E-state index in [0.717, 1.165) is 18.4 Å². The third-order valence-corrected chi connectivity index (χ3v) is 5.98. The van der Waals surface area contributed by atoms with Gasteiger partial charge in [0.05, 0.1) is 17.8 Å². The summed E-state index contributed by atoms with van der Waals surface area (Å²) in [5.74, 6) is 0.0510. The van der Waals surface area contributed by atoms with Crippen molar-refractivity contribution in [3.63, 3.8) is 0 Å². The van der Waals surface area contributed by atoms with Crippen LogP contribution in [-0.4, -0.2) is 44.3 Å². The lowest BCUT2D eigenvalue weighted by Gasteiger charge is -2.24. The molecule has 142 valence electrons. The number of halogens is 2. The summed E-state index contributed by atoms with van der Waals surface area (Å²) in [7, 11) is 1.83. The standard InChI is InChI=1S/C18H19F2N5OS/c1-24(15-4-2-3-14(15)20)18-23-22-17(27-18)13-6-5-11(7-16(13)26)12-8-21-25(9-12)10-19/h5-9,14-15,26H,2-4,10H2,1H3/t14-,15+/m0/s1. The minimum absolute atomic E-state index is 0.0510. The Balaban J connectivity index is 1.58. The minimum Gasteiger partial charge on any atom is -0.507 e.